The fourth-order valence-corrected chi connectivity index (χ4v) is 4.97. The van der Waals surface area contributed by atoms with Gasteiger partial charge in [-0.1, -0.05) is 36.4 Å². The SMILES string of the molecule is COc1cc(-n2cc(C3CC(Oc4cccc(N)c4)CN(Cc4ccccc4)C3)cn2)cc(O)c1OC. The van der Waals surface area contributed by atoms with E-state index in [0.29, 0.717) is 22.9 Å². The number of aromatic hydroxyl groups is 1. The van der Waals surface area contributed by atoms with Gasteiger partial charge >= 0.3 is 0 Å². The number of nitrogens with zero attached hydrogens (tertiary/aromatic N) is 3. The molecule has 0 saturated carbocycles. The van der Waals surface area contributed by atoms with Crippen LogP contribution in [0.3, 0.4) is 0 Å². The summed E-state index contributed by atoms with van der Waals surface area (Å²) in [6, 6.07) is 21.5. The second-order valence-corrected chi connectivity index (χ2v) is 9.34. The summed E-state index contributed by atoms with van der Waals surface area (Å²) in [5.41, 5.74) is 9.73. The van der Waals surface area contributed by atoms with Crippen LogP contribution in [0, 0.1) is 0 Å². The maximum atomic E-state index is 10.4. The summed E-state index contributed by atoms with van der Waals surface area (Å²) >= 11 is 0. The molecule has 3 N–H and O–H groups in total. The van der Waals surface area contributed by atoms with E-state index >= 15 is 0 Å². The Balaban J connectivity index is 1.40. The zero-order valence-corrected chi connectivity index (χ0v) is 21.1. The van der Waals surface area contributed by atoms with E-state index in [1.807, 2.05) is 42.7 Å². The predicted molar refractivity (Wildman–Crippen MR) is 143 cm³/mol. The Morgan fingerprint density at radius 3 is 2.59 bits per heavy atom. The van der Waals surface area contributed by atoms with E-state index in [2.05, 4.69) is 34.3 Å². The molecule has 8 nitrogen and oxygen atoms in total. The van der Waals surface area contributed by atoms with Crippen LogP contribution in [-0.4, -0.2) is 53.2 Å². The Morgan fingerprint density at radius 1 is 1.00 bits per heavy atom. The number of phenols is 1. The largest absolute Gasteiger partial charge is 0.504 e. The monoisotopic (exact) mass is 500 g/mol. The Kier molecular flexibility index (Phi) is 7.18. The lowest BCUT2D eigenvalue weighted by atomic mass is 9.90. The minimum atomic E-state index is -0.00352. The molecule has 3 aromatic carbocycles. The van der Waals surface area contributed by atoms with Crippen LogP contribution >= 0.6 is 0 Å². The summed E-state index contributed by atoms with van der Waals surface area (Å²) in [5, 5.41) is 15.0. The van der Waals surface area contributed by atoms with E-state index in [9.17, 15) is 5.11 Å². The Morgan fingerprint density at radius 2 is 1.84 bits per heavy atom. The molecule has 1 fully saturated rings. The number of piperidine rings is 1. The van der Waals surface area contributed by atoms with Crippen LogP contribution in [0.25, 0.3) is 5.69 Å². The summed E-state index contributed by atoms with van der Waals surface area (Å²) in [7, 11) is 3.04. The van der Waals surface area contributed by atoms with Crippen LogP contribution in [0.1, 0.15) is 23.5 Å². The van der Waals surface area contributed by atoms with Crippen LogP contribution in [0.5, 0.6) is 23.0 Å². The first-order valence-corrected chi connectivity index (χ1v) is 12.3. The number of benzene rings is 3. The lowest BCUT2D eigenvalue weighted by Crippen LogP contribution is -2.44. The molecule has 2 heterocycles. The van der Waals surface area contributed by atoms with Gasteiger partial charge in [0.25, 0.3) is 0 Å². The van der Waals surface area contributed by atoms with Crippen molar-refractivity contribution in [1.29, 1.82) is 0 Å². The number of likely N-dealkylation sites (tertiary alicyclic amines) is 1. The van der Waals surface area contributed by atoms with E-state index in [1.165, 1.54) is 12.7 Å². The number of nitrogens with two attached hydrogens (primary N) is 1. The molecule has 2 unspecified atom stereocenters. The van der Waals surface area contributed by atoms with E-state index in [1.54, 1.807) is 23.9 Å². The molecule has 1 saturated heterocycles. The molecule has 1 aliphatic heterocycles. The second kappa shape index (κ2) is 10.8. The fourth-order valence-electron chi connectivity index (χ4n) is 4.97. The molecule has 0 bridgehead atoms. The number of ether oxygens (including phenoxy) is 3. The van der Waals surface area contributed by atoms with Crippen molar-refractivity contribution in [2.24, 2.45) is 0 Å². The Hall–Kier alpha value is -4.17. The van der Waals surface area contributed by atoms with Crippen molar-refractivity contribution in [3.63, 3.8) is 0 Å². The highest BCUT2D eigenvalue weighted by molar-refractivity contribution is 5.57. The van der Waals surface area contributed by atoms with Crippen LogP contribution in [0.15, 0.2) is 79.1 Å². The first-order valence-electron chi connectivity index (χ1n) is 12.3. The van der Waals surface area contributed by atoms with Gasteiger partial charge < -0.3 is 25.1 Å². The van der Waals surface area contributed by atoms with Crippen molar-refractivity contribution < 1.29 is 19.3 Å². The zero-order valence-electron chi connectivity index (χ0n) is 21.1. The van der Waals surface area contributed by atoms with Gasteiger partial charge in [0.15, 0.2) is 11.5 Å². The lowest BCUT2D eigenvalue weighted by molar-refractivity contribution is 0.0717. The minimum Gasteiger partial charge on any atom is -0.504 e. The van der Waals surface area contributed by atoms with Gasteiger partial charge in [0, 0.05) is 55.6 Å². The van der Waals surface area contributed by atoms with Crippen LogP contribution < -0.4 is 19.9 Å². The third-order valence-electron chi connectivity index (χ3n) is 6.68. The van der Waals surface area contributed by atoms with E-state index in [0.717, 1.165) is 37.4 Å². The quantitative estimate of drug-likeness (QED) is 0.341. The molecular weight excluding hydrogens is 468 g/mol. The van der Waals surface area contributed by atoms with E-state index in [-0.39, 0.29) is 17.8 Å². The number of methoxy groups -OCH3 is 2. The van der Waals surface area contributed by atoms with Crippen molar-refractivity contribution in [2.45, 2.75) is 25.0 Å². The number of rotatable bonds is 8. The van der Waals surface area contributed by atoms with Gasteiger partial charge in [-0.05, 0) is 29.7 Å². The standard InChI is InChI=1S/C29H32N4O4/c1-35-28-14-24(13-27(34)29(28)36-2)33-18-22(15-31-33)21-11-26(37-25-10-6-9-23(30)12-25)19-32(17-21)16-20-7-4-3-5-8-20/h3-10,12-15,18,21,26,34H,11,16-17,19,30H2,1-2H3. The smallest absolute Gasteiger partial charge is 0.203 e. The first kappa shape index (κ1) is 24.5. The normalized spacial score (nSPS) is 17.9. The molecule has 1 aromatic heterocycles. The summed E-state index contributed by atoms with van der Waals surface area (Å²) in [6.07, 6.45) is 4.75. The van der Waals surface area contributed by atoms with Gasteiger partial charge in [-0.15, -0.1) is 0 Å². The highest BCUT2D eigenvalue weighted by atomic mass is 16.5. The van der Waals surface area contributed by atoms with Gasteiger partial charge in [-0.3, -0.25) is 4.90 Å². The van der Waals surface area contributed by atoms with Gasteiger partial charge in [0.2, 0.25) is 5.75 Å². The highest BCUT2D eigenvalue weighted by Gasteiger charge is 2.30. The zero-order chi connectivity index (χ0) is 25.8. The molecule has 1 aliphatic rings. The molecule has 0 spiro atoms. The molecule has 37 heavy (non-hydrogen) atoms. The summed E-state index contributed by atoms with van der Waals surface area (Å²) in [6.45, 7) is 2.54. The average molecular weight is 501 g/mol. The first-order chi connectivity index (χ1) is 18.0. The number of anilines is 1. The molecule has 4 aromatic rings. The molecule has 0 aliphatic carbocycles. The third-order valence-corrected chi connectivity index (χ3v) is 6.68. The molecule has 0 radical (unpaired) electrons. The molecular formula is C29H32N4O4. The van der Waals surface area contributed by atoms with Crippen molar-refractivity contribution in [3.05, 3.63) is 90.3 Å². The van der Waals surface area contributed by atoms with Gasteiger partial charge in [0.05, 0.1) is 26.1 Å². The fraction of sp³-hybridized carbons (Fsp3) is 0.276. The van der Waals surface area contributed by atoms with Crippen molar-refractivity contribution in [3.8, 4) is 28.7 Å². The maximum Gasteiger partial charge on any atom is 0.203 e. The van der Waals surface area contributed by atoms with Gasteiger partial charge in [-0.25, -0.2) is 4.68 Å². The van der Waals surface area contributed by atoms with Crippen LogP contribution in [-0.2, 0) is 6.54 Å². The van der Waals surface area contributed by atoms with Crippen LogP contribution in [0.4, 0.5) is 5.69 Å². The predicted octanol–water partition coefficient (Wildman–Crippen LogP) is 4.61. The number of nitrogen functional groups attached to an aromatic ring is 1. The lowest BCUT2D eigenvalue weighted by Gasteiger charge is -2.37. The number of hydrogen-bond acceptors (Lipinski definition) is 7. The third kappa shape index (κ3) is 5.65. The van der Waals surface area contributed by atoms with Crippen molar-refractivity contribution >= 4 is 5.69 Å². The summed E-state index contributed by atoms with van der Waals surface area (Å²) in [4.78, 5) is 2.43. The highest BCUT2D eigenvalue weighted by Crippen LogP contribution is 2.39. The molecule has 5 rings (SSSR count). The summed E-state index contributed by atoms with van der Waals surface area (Å²) in [5.74, 6) is 1.73. The van der Waals surface area contributed by atoms with Crippen molar-refractivity contribution in [1.82, 2.24) is 14.7 Å². The molecule has 2 atom stereocenters. The summed E-state index contributed by atoms with van der Waals surface area (Å²) < 4.78 is 18.8. The van der Waals surface area contributed by atoms with E-state index in [4.69, 9.17) is 19.9 Å². The molecule has 0 amide bonds. The average Bonchev–Trinajstić information content (AvgIpc) is 3.39. The Bertz CT molecular complexity index is 1340. The van der Waals surface area contributed by atoms with E-state index < -0.39 is 0 Å². The van der Waals surface area contributed by atoms with Gasteiger partial charge in [-0.2, -0.15) is 5.10 Å². The minimum absolute atomic E-state index is 0.00210. The topological polar surface area (TPSA) is 95.0 Å². The second-order valence-electron chi connectivity index (χ2n) is 9.34. The number of phenolic OH excluding ortho intramolecular Hbond substituents is 1. The van der Waals surface area contributed by atoms with Crippen LogP contribution in [0.2, 0.25) is 0 Å². The van der Waals surface area contributed by atoms with Crippen molar-refractivity contribution in [2.75, 3.05) is 33.0 Å². The number of aromatic nitrogens is 2. The molecule has 192 valence electrons. The molecule has 8 heteroatoms. The van der Waals surface area contributed by atoms with Gasteiger partial charge in [0.1, 0.15) is 11.9 Å². The number of hydrogen-bond donors (Lipinski definition) is 2. The maximum absolute atomic E-state index is 10.4. The Labute approximate surface area is 216 Å².